The normalized spacial score (nSPS) is 11.7. The van der Waals surface area contributed by atoms with Crippen molar-refractivity contribution in [1.82, 2.24) is 14.6 Å². The number of nitrogens with zero attached hydrogens (tertiary/aromatic N) is 5. The highest BCUT2D eigenvalue weighted by molar-refractivity contribution is 9.10. The third kappa shape index (κ3) is 5.62. The Morgan fingerprint density at radius 3 is 2.57 bits per heavy atom. The highest BCUT2D eigenvalue weighted by atomic mass is 79.9. The summed E-state index contributed by atoms with van der Waals surface area (Å²) >= 11 is 9.87. The molecule has 0 aliphatic heterocycles. The molecule has 4 aromatic rings. The van der Waals surface area contributed by atoms with E-state index in [1.807, 2.05) is 26.8 Å². The molecule has 0 saturated carbocycles. The Kier molecular flexibility index (Phi) is 7.28. The number of fused-ring (bicyclic) bond motifs is 1. The van der Waals surface area contributed by atoms with Gasteiger partial charge in [0.05, 0.1) is 34.2 Å². The third-order valence-corrected chi connectivity index (χ3v) is 5.97. The first-order chi connectivity index (χ1) is 17.5. The zero-order valence-electron chi connectivity index (χ0n) is 20.2. The minimum atomic E-state index is -0.557. The number of hydrogen-bond acceptors (Lipinski definition) is 8. The van der Waals surface area contributed by atoms with Crippen molar-refractivity contribution in [1.29, 1.82) is 0 Å². The van der Waals surface area contributed by atoms with Gasteiger partial charge in [-0.25, -0.2) is 9.97 Å². The molecule has 4 rings (SSSR count). The predicted octanol–water partition coefficient (Wildman–Crippen LogP) is 6.10. The fourth-order valence-electron chi connectivity index (χ4n) is 3.42. The second-order valence-electron chi connectivity index (χ2n) is 8.96. The lowest BCUT2D eigenvalue weighted by molar-refractivity contribution is -0.385. The van der Waals surface area contributed by atoms with Crippen molar-refractivity contribution in [2.45, 2.75) is 26.2 Å². The summed E-state index contributed by atoms with van der Waals surface area (Å²) < 4.78 is 13.2. The highest BCUT2D eigenvalue weighted by Crippen LogP contribution is 2.39. The van der Waals surface area contributed by atoms with Gasteiger partial charge in [-0.05, 0) is 35.9 Å². The molecule has 0 spiro atoms. The average Bonchev–Trinajstić information content (AvgIpc) is 2.84. The molecule has 37 heavy (non-hydrogen) atoms. The van der Waals surface area contributed by atoms with E-state index in [0.29, 0.717) is 22.3 Å². The van der Waals surface area contributed by atoms with Crippen molar-refractivity contribution in [2.24, 2.45) is 5.10 Å². The Balaban J connectivity index is 1.74. The van der Waals surface area contributed by atoms with E-state index in [0.717, 1.165) is 10.7 Å². The van der Waals surface area contributed by atoms with Crippen LogP contribution in [0.15, 0.2) is 63.0 Å². The summed E-state index contributed by atoms with van der Waals surface area (Å²) in [5.41, 5.74) is 0.164. The summed E-state index contributed by atoms with van der Waals surface area (Å²) in [6, 6.07) is 11.2. The summed E-state index contributed by atoms with van der Waals surface area (Å²) in [7, 11) is 1.44. The van der Waals surface area contributed by atoms with Crippen LogP contribution in [0.2, 0.25) is 5.02 Å². The van der Waals surface area contributed by atoms with Crippen molar-refractivity contribution in [3.05, 3.63) is 90.0 Å². The van der Waals surface area contributed by atoms with E-state index >= 15 is 0 Å². The fraction of sp³-hybridized carbons (Fsp3) is 0.200. The molecule has 2 aromatic carbocycles. The Bertz CT molecular complexity index is 1600. The molecule has 0 aliphatic carbocycles. The Morgan fingerprint density at radius 1 is 1.19 bits per heavy atom. The quantitative estimate of drug-likeness (QED) is 0.152. The largest absolute Gasteiger partial charge is 0.493 e. The van der Waals surface area contributed by atoms with Gasteiger partial charge in [-0.1, -0.05) is 48.3 Å². The van der Waals surface area contributed by atoms with Crippen LogP contribution in [0.3, 0.4) is 0 Å². The van der Waals surface area contributed by atoms with Crippen LogP contribution in [0.1, 0.15) is 32.2 Å². The molecule has 0 N–H and O–H groups in total. The third-order valence-electron chi connectivity index (χ3n) is 5.19. The van der Waals surface area contributed by atoms with Gasteiger partial charge < -0.3 is 9.47 Å². The number of rotatable bonds is 6. The maximum atomic E-state index is 13.4. The van der Waals surface area contributed by atoms with E-state index in [9.17, 15) is 14.9 Å². The number of aromatic nitrogens is 3. The van der Waals surface area contributed by atoms with Crippen molar-refractivity contribution in [2.75, 3.05) is 7.11 Å². The molecule has 0 unspecified atom stereocenters. The molecular formula is C25H21BrClN5O5. The zero-order valence-corrected chi connectivity index (χ0v) is 22.6. The summed E-state index contributed by atoms with van der Waals surface area (Å²) in [5.74, 6) is 1.04. The Morgan fingerprint density at radius 2 is 1.95 bits per heavy atom. The molecule has 0 fully saturated rings. The minimum absolute atomic E-state index is 0.0991. The van der Waals surface area contributed by atoms with E-state index < -0.39 is 10.3 Å². The first-order valence-electron chi connectivity index (χ1n) is 10.9. The van der Waals surface area contributed by atoms with Gasteiger partial charge in [0.25, 0.3) is 11.2 Å². The Labute approximate surface area is 224 Å². The van der Waals surface area contributed by atoms with Crippen LogP contribution < -0.4 is 15.0 Å². The zero-order chi connectivity index (χ0) is 26.9. The van der Waals surface area contributed by atoms with Gasteiger partial charge >= 0.3 is 0 Å². The van der Waals surface area contributed by atoms with Crippen LogP contribution in [0, 0.1) is 10.1 Å². The molecule has 0 saturated heterocycles. The number of benzene rings is 2. The van der Waals surface area contributed by atoms with Crippen molar-refractivity contribution in [3.63, 3.8) is 0 Å². The SMILES string of the molecule is COc1cc(C=Nn2c(C(C)(C)C)nc3ccc(Br)cc3c2=O)cc(Cl)c1Oc1ccc([N+](=O)[O-])cn1. The van der Waals surface area contributed by atoms with Crippen LogP contribution in [-0.4, -0.2) is 32.9 Å². The number of hydrogen-bond donors (Lipinski definition) is 0. The number of halogens is 2. The van der Waals surface area contributed by atoms with E-state index in [4.69, 9.17) is 26.1 Å². The van der Waals surface area contributed by atoms with Gasteiger partial charge in [0.15, 0.2) is 11.5 Å². The highest BCUT2D eigenvalue weighted by Gasteiger charge is 2.23. The molecule has 0 atom stereocenters. The van der Waals surface area contributed by atoms with Crippen molar-refractivity contribution >= 4 is 50.3 Å². The van der Waals surface area contributed by atoms with Crippen LogP contribution in [0.4, 0.5) is 5.69 Å². The first kappa shape index (κ1) is 26.2. The van der Waals surface area contributed by atoms with E-state index in [1.165, 1.54) is 30.1 Å². The van der Waals surface area contributed by atoms with Gasteiger partial charge in [0.1, 0.15) is 12.0 Å². The Hall–Kier alpha value is -3.83. The first-order valence-corrected chi connectivity index (χ1v) is 12.1. The van der Waals surface area contributed by atoms with Crippen LogP contribution in [-0.2, 0) is 5.41 Å². The smallest absolute Gasteiger partial charge is 0.287 e. The molecular weight excluding hydrogens is 566 g/mol. The second-order valence-corrected chi connectivity index (χ2v) is 10.3. The standard InChI is InChI=1S/C25H21BrClN5O5/c1-25(2,3)24-30-19-7-5-15(26)11-17(19)23(33)31(24)29-12-14-9-18(27)22(20(10-14)36-4)37-21-8-6-16(13-28-21)32(34)35/h5-13H,1-4H3. The van der Waals surface area contributed by atoms with Crippen LogP contribution >= 0.6 is 27.5 Å². The molecule has 12 heteroatoms. The number of methoxy groups -OCH3 is 1. The predicted molar refractivity (Wildman–Crippen MR) is 144 cm³/mol. The van der Waals surface area contributed by atoms with Crippen molar-refractivity contribution < 1.29 is 14.4 Å². The molecule has 0 aliphatic rings. The molecule has 2 heterocycles. The fourth-order valence-corrected chi connectivity index (χ4v) is 4.04. The number of ether oxygens (including phenoxy) is 2. The number of nitro groups is 1. The van der Waals surface area contributed by atoms with Gasteiger partial charge in [-0.2, -0.15) is 9.78 Å². The maximum absolute atomic E-state index is 13.4. The lowest BCUT2D eigenvalue weighted by Crippen LogP contribution is -2.29. The summed E-state index contributed by atoms with van der Waals surface area (Å²) in [5, 5.41) is 15.9. The molecule has 0 bridgehead atoms. The number of pyridine rings is 1. The van der Waals surface area contributed by atoms with Crippen molar-refractivity contribution in [3.8, 4) is 17.4 Å². The maximum Gasteiger partial charge on any atom is 0.287 e. The van der Waals surface area contributed by atoms with Crippen LogP contribution in [0.25, 0.3) is 10.9 Å². The minimum Gasteiger partial charge on any atom is -0.493 e. The molecule has 0 radical (unpaired) electrons. The lowest BCUT2D eigenvalue weighted by Gasteiger charge is -2.21. The van der Waals surface area contributed by atoms with Gasteiger partial charge in [-0.15, -0.1) is 0 Å². The summed E-state index contributed by atoms with van der Waals surface area (Å²) in [6.07, 6.45) is 2.56. The molecule has 2 aromatic heterocycles. The molecule has 190 valence electrons. The van der Waals surface area contributed by atoms with E-state index in [2.05, 4.69) is 26.0 Å². The summed E-state index contributed by atoms with van der Waals surface area (Å²) in [6.45, 7) is 5.84. The second kappa shape index (κ2) is 10.3. The van der Waals surface area contributed by atoms with Gasteiger partial charge in [0.2, 0.25) is 5.88 Å². The van der Waals surface area contributed by atoms with Gasteiger partial charge in [-0.3, -0.25) is 14.9 Å². The summed E-state index contributed by atoms with van der Waals surface area (Å²) in [4.78, 5) is 32.3. The van der Waals surface area contributed by atoms with Crippen LogP contribution in [0.5, 0.6) is 17.4 Å². The van der Waals surface area contributed by atoms with E-state index in [-0.39, 0.29) is 33.6 Å². The lowest BCUT2D eigenvalue weighted by atomic mass is 9.95. The molecule has 0 amide bonds. The molecule has 10 nitrogen and oxygen atoms in total. The topological polar surface area (TPSA) is 122 Å². The van der Waals surface area contributed by atoms with Gasteiger partial charge in [0, 0.05) is 22.0 Å². The monoisotopic (exact) mass is 585 g/mol. The van der Waals surface area contributed by atoms with E-state index in [1.54, 1.807) is 24.3 Å². The average molecular weight is 587 g/mol.